The molecule has 0 atom stereocenters. The molecule has 0 radical (unpaired) electrons. The van der Waals surface area contributed by atoms with Crippen molar-refractivity contribution in [3.8, 4) is 5.75 Å². The Morgan fingerprint density at radius 2 is 2.16 bits per heavy atom. The van der Waals surface area contributed by atoms with Crippen LogP contribution in [-0.4, -0.2) is 24.5 Å². The Morgan fingerprint density at radius 3 is 2.76 bits per heavy atom. The standard InChI is InChI=1S/C15H18FN5O3S/c1-10(2)14-15(21(3)13(19-14)7-8-18-20-17)25(22,23)24-12-6-4-5-11(16)9-12/h4-6,9-10H,7-8H2,1-3H3. The summed E-state index contributed by atoms with van der Waals surface area (Å²) < 4.78 is 45.2. The van der Waals surface area contributed by atoms with Gasteiger partial charge in [0.05, 0.1) is 5.69 Å². The first-order valence-electron chi connectivity index (χ1n) is 7.52. The molecule has 0 spiro atoms. The summed E-state index contributed by atoms with van der Waals surface area (Å²) in [6.45, 7) is 3.77. The Hall–Kier alpha value is -2.58. The predicted molar refractivity (Wildman–Crippen MR) is 89.2 cm³/mol. The molecule has 8 nitrogen and oxygen atoms in total. The van der Waals surface area contributed by atoms with E-state index in [1.54, 1.807) is 20.9 Å². The number of hydrogen-bond acceptors (Lipinski definition) is 5. The van der Waals surface area contributed by atoms with Crippen molar-refractivity contribution < 1.29 is 17.0 Å². The molecule has 2 rings (SSSR count). The third-order valence-electron chi connectivity index (χ3n) is 3.44. The summed E-state index contributed by atoms with van der Waals surface area (Å²) in [5, 5.41) is 3.34. The van der Waals surface area contributed by atoms with E-state index in [4.69, 9.17) is 9.71 Å². The molecule has 10 heteroatoms. The first-order chi connectivity index (χ1) is 11.8. The number of nitrogens with zero attached hydrogens (tertiary/aromatic N) is 5. The van der Waals surface area contributed by atoms with Crippen LogP contribution < -0.4 is 4.18 Å². The Kier molecular flexibility index (Phi) is 5.66. The van der Waals surface area contributed by atoms with E-state index in [1.165, 1.54) is 22.8 Å². The molecule has 0 aliphatic rings. The van der Waals surface area contributed by atoms with E-state index >= 15 is 0 Å². The lowest BCUT2D eigenvalue weighted by molar-refractivity contribution is 0.471. The number of aromatic nitrogens is 2. The van der Waals surface area contributed by atoms with Gasteiger partial charge in [-0.05, 0) is 23.6 Å². The molecule has 1 aromatic heterocycles. The molecule has 0 aliphatic heterocycles. The van der Waals surface area contributed by atoms with Crippen LogP contribution in [0.1, 0.15) is 31.3 Å². The molecule has 0 saturated heterocycles. The van der Waals surface area contributed by atoms with Crippen molar-refractivity contribution >= 4 is 10.1 Å². The number of azide groups is 1. The average molecular weight is 367 g/mol. The van der Waals surface area contributed by atoms with Crippen LogP contribution in [0.4, 0.5) is 4.39 Å². The molecule has 0 fully saturated rings. The van der Waals surface area contributed by atoms with E-state index in [-0.39, 0.29) is 29.7 Å². The normalized spacial score (nSPS) is 11.4. The first-order valence-corrected chi connectivity index (χ1v) is 8.93. The monoisotopic (exact) mass is 367 g/mol. The number of rotatable bonds is 7. The van der Waals surface area contributed by atoms with Gasteiger partial charge in [-0.2, -0.15) is 8.42 Å². The fourth-order valence-corrected chi connectivity index (χ4v) is 3.74. The maximum absolute atomic E-state index is 13.3. The van der Waals surface area contributed by atoms with E-state index in [1.807, 2.05) is 0 Å². The predicted octanol–water partition coefficient (Wildman–Crippen LogP) is 3.30. The lowest BCUT2D eigenvalue weighted by Gasteiger charge is -2.11. The van der Waals surface area contributed by atoms with Gasteiger partial charge < -0.3 is 8.75 Å². The van der Waals surface area contributed by atoms with Crippen molar-refractivity contribution in [3.63, 3.8) is 0 Å². The zero-order chi connectivity index (χ0) is 18.6. The van der Waals surface area contributed by atoms with Crippen LogP contribution in [0, 0.1) is 5.82 Å². The van der Waals surface area contributed by atoms with Crippen LogP contribution in [0.3, 0.4) is 0 Å². The van der Waals surface area contributed by atoms with E-state index < -0.39 is 15.9 Å². The second-order valence-corrected chi connectivity index (χ2v) is 7.09. The quantitative estimate of drug-likeness (QED) is 0.323. The van der Waals surface area contributed by atoms with Gasteiger partial charge in [0.1, 0.15) is 17.4 Å². The molecule has 1 aromatic carbocycles. The Bertz CT molecular complexity index is 917. The molecular weight excluding hydrogens is 349 g/mol. The number of imidazole rings is 1. The van der Waals surface area contributed by atoms with Crippen molar-refractivity contribution in [2.24, 2.45) is 12.2 Å². The van der Waals surface area contributed by atoms with E-state index in [0.717, 1.165) is 6.07 Å². The van der Waals surface area contributed by atoms with Crippen molar-refractivity contribution in [2.45, 2.75) is 31.2 Å². The fraction of sp³-hybridized carbons (Fsp3) is 0.400. The molecule has 0 aliphatic carbocycles. The van der Waals surface area contributed by atoms with Crippen LogP contribution in [0.5, 0.6) is 5.75 Å². The number of halogens is 1. The van der Waals surface area contributed by atoms with Gasteiger partial charge in [0.25, 0.3) is 0 Å². The zero-order valence-electron chi connectivity index (χ0n) is 14.0. The molecule has 0 amide bonds. The van der Waals surface area contributed by atoms with Crippen molar-refractivity contribution in [3.05, 3.63) is 52.0 Å². The third-order valence-corrected chi connectivity index (χ3v) is 4.81. The summed E-state index contributed by atoms with van der Waals surface area (Å²) in [4.78, 5) is 7.02. The molecule has 0 N–H and O–H groups in total. The van der Waals surface area contributed by atoms with Crippen molar-refractivity contribution in [1.29, 1.82) is 0 Å². The molecule has 0 saturated carbocycles. The first kappa shape index (κ1) is 18.8. The van der Waals surface area contributed by atoms with Gasteiger partial charge in [-0.15, -0.1) is 0 Å². The average Bonchev–Trinajstić information content (AvgIpc) is 2.85. The summed E-state index contributed by atoms with van der Waals surface area (Å²) in [6, 6.07) is 4.90. The lowest BCUT2D eigenvalue weighted by Crippen LogP contribution is -2.17. The number of hydrogen-bond donors (Lipinski definition) is 0. The molecule has 0 unspecified atom stereocenters. The maximum atomic E-state index is 13.3. The van der Waals surface area contributed by atoms with E-state index in [9.17, 15) is 12.8 Å². The van der Waals surface area contributed by atoms with E-state index in [2.05, 4.69) is 15.0 Å². The zero-order valence-corrected chi connectivity index (χ0v) is 14.9. The smallest absolute Gasteiger partial charge is 0.356 e. The summed E-state index contributed by atoms with van der Waals surface area (Å²) in [7, 11) is -2.67. The second kappa shape index (κ2) is 7.54. The van der Waals surface area contributed by atoms with Crippen LogP contribution in [0.2, 0.25) is 0 Å². The van der Waals surface area contributed by atoms with Gasteiger partial charge in [-0.3, -0.25) is 0 Å². The highest BCUT2D eigenvalue weighted by Crippen LogP contribution is 2.27. The Labute approximate surface area is 145 Å². The highest BCUT2D eigenvalue weighted by molar-refractivity contribution is 7.87. The minimum atomic E-state index is -4.22. The maximum Gasteiger partial charge on any atom is 0.356 e. The molecule has 1 heterocycles. The fourth-order valence-electron chi connectivity index (χ4n) is 2.33. The topological polar surface area (TPSA) is 110 Å². The molecule has 134 valence electrons. The summed E-state index contributed by atoms with van der Waals surface area (Å²) in [6.07, 6.45) is 0.287. The molecular formula is C15H18FN5O3S. The second-order valence-electron chi connectivity index (χ2n) is 5.63. The van der Waals surface area contributed by atoms with Gasteiger partial charge >= 0.3 is 10.1 Å². The highest BCUT2D eigenvalue weighted by Gasteiger charge is 2.29. The van der Waals surface area contributed by atoms with Crippen LogP contribution in [0.25, 0.3) is 10.4 Å². The van der Waals surface area contributed by atoms with Gasteiger partial charge in [0.15, 0.2) is 5.03 Å². The summed E-state index contributed by atoms with van der Waals surface area (Å²) in [5.74, 6) is -0.443. The van der Waals surface area contributed by atoms with Gasteiger partial charge in [-0.25, -0.2) is 9.37 Å². The molecule has 2 aromatic rings. The summed E-state index contributed by atoms with van der Waals surface area (Å²) in [5.41, 5.74) is 8.70. The Morgan fingerprint density at radius 1 is 1.44 bits per heavy atom. The lowest BCUT2D eigenvalue weighted by atomic mass is 10.1. The summed E-state index contributed by atoms with van der Waals surface area (Å²) >= 11 is 0. The minimum absolute atomic E-state index is 0.0947. The van der Waals surface area contributed by atoms with Crippen LogP contribution >= 0.6 is 0 Å². The van der Waals surface area contributed by atoms with Crippen LogP contribution in [0.15, 0.2) is 34.4 Å². The van der Waals surface area contributed by atoms with Crippen molar-refractivity contribution in [2.75, 3.05) is 6.54 Å². The SMILES string of the molecule is CC(C)c1nc(CCN=[N+]=[N-])n(C)c1S(=O)(=O)Oc1cccc(F)c1. The van der Waals surface area contributed by atoms with Crippen LogP contribution in [-0.2, 0) is 23.6 Å². The van der Waals surface area contributed by atoms with E-state index in [0.29, 0.717) is 11.5 Å². The molecule has 0 bridgehead atoms. The van der Waals surface area contributed by atoms with Gasteiger partial charge in [-0.1, -0.05) is 25.0 Å². The minimum Gasteiger partial charge on any atom is -0.378 e. The van der Waals surface area contributed by atoms with Crippen molar-refractivity contribution in [1.82, 2.24) is 9.55 Å². The highest BCUT2D eigenvalue weighted by atomic mass is 32.2. The largest absolute Gasteiger partial charge is 0.378 e. The van der Waals surface area contributed by atoms with Gasteiger partial charge in [0.2, 0.25) is 0 Å². The Balaban J connectivity index is 2.46. The number of benzene rings is 1. The molecule has 25 heavy (non-hydrogen) atoms. The van der Waals surface area contributed by atoms with Gasteiger partial charge in [0, 0.05) is 31.0 Å². The third kappa shape index (κ3) is 4.28.